The largest absolute Gasteiger partial charge is 0.474 e. The normalized spacial score (nSPS) is 11.3. The molecule has 0 aliphatic rings. The topological polar surface area (TPSA) is 92.3 Å². The van der Waals surface area contributed by atoms with E-state index in [4.69, 9.17) is 25.6 Å². The summed E-state index contributed by atoms with van der Waals surface area (Å²) in [7, 11) is 0. The van der Waals surface area contributed by atoms with Gasteiger partial charge in [-0.25, -0.2) is 4.98 Å². The monoisotopic (exact) mass is 468 g/mol. The van der Waals surface area contributed by atoms with Crippen molar-refractivity contribution < 1.29 is 18.8 Å². The quantitative estimate of drug-likeness (QED) is 0.298. The first-order chi connectivity index (χ1) is 16.0. The molecule has 0 unspecified atom stereocenters. The second-order valence-electron chi connectivity index (χ2n) is 7.76. The summed E-state index contributed by atoms with van der Waals surface area (Å²) in [6.07, 6.45) is 4.65. The van der Waals surface area contributed by atoms with Crippen molar-refractivity contribution >= 4 is 28.5 Å². The lowest BCUT2D eigenvalue weighted by atomic mass is 10.1. The molecule has 4 rings (SSSR count). The number of ether oxygens (including phenoxy) is 2. The lowest BCUT2D eigenvalue weighted by Gasteiger charge is -2.09. The van der Waals surface area contributed by atoms with E-state index >= 15 is 0 Å². The minimum atomic E-state index is -0.174. The van der Waals surface area contributed by atoms with Gasteiger partial charge in [-0.05, 0) is 45.4 Å². The number of fused-ring (bicyclic) bond motifs is 1. The molecule has 3 aromatic heterocycles. The van der Waals surface area contributed by atoms with Crippen LogP contribution in [0.15, 0.2) is 47.2 Å². The highest BCUT2D eigenvalue weighted by Crippen LogP contribution is 2.31. The van der Waals surface area contributed by atoms with Crippen LogP contribution in [0.25, 0.3) is 33.7 Å². The maximum Gasteiger partial charge on any atom is 0.305 e. The standard InChI is InChI=1S/C24H25ClN4O4/c1-4-31-21(30)9-6-11-29-12-10-17-18(7-5-8-20(17)29)22-27-23(33-28-22)16-13-19(25)24(26-14-16)32-15(2)3/h5,7-8,10,12-15H,4,6,9,11H2,1-3H3. The van der Waals surface area contributed by atoms with Crippen LogP contribution in [0.5, 0.6) is 5.88 Å². The van der Waals surface area contributed by atoms with Gasteiger partial charge in [0.05, 0.1) is 18.3 Å². The first-order valence-corrected chi connectivity index (χ1v) is 11.2. The Morgan fingerprint density at radius 2 is 2.12 bits per heavy atom. The van der Waals surface area contributed by atoms with Crippen LogP contribution in [-0.2, 0) is 16.1 Å². The molecule has 9 heteroatoms. The summed E-state index contributed by atoms with van der Waals surface area (Å²) >= 11 is 6.30. The average Bonchev–Trinajstić information content (AvgIpc) is 3.43. The minimum Gasteiger partial charge on any atom is -0.474 e. The Balaban J connectivity index is 1.55. The predicted molar refractivity (Wildman–Crippen MR) is 125 cm³/mol. The van der Waals surface area contributed by atoms with Crippen molar-refractivity contribution in [2.45, 2.75) is 46.3 Å². The van der Waals surface area contributed by atoms with Crippen molar-refractivity contribution in [2.24, 2.45) is 0 Å². The number of carbonyl (C=O) groups excluding carboxylic acids is 1. The van der Waals surface area contributed by atoms with Crippen LogP contribution in [0.3, 0.4) is 0 Å². The molecule has 0 fully saturated rings. The molecule has 4 aromatic rings. The lowest BCUT2D eigenvalue weighted by molar-refractivity contribution is -0.143. The summed E-state index contributed by atoms with van der Waals surface area (Å²) in [5.74, 6) is 0.983. The van der Waals surface area contributed by atoms with Gasteiger partial charge < -0.3 is 18.6 Å². The van der Waals surface area contributed by atoms with E-state index in [2.05, 4.69) is 19.7 Å². The molecule has 0 radical (unpaired) electrons. The van der Waals surface area contributed by atoms with Gasteiger partial charge in [0.2, 0.25) is 11.7 Å². The number of halogens is 1. The molecule has 0 saturated carbocycles. The Morgan fingerprint density at radius 3 is 2.88 bits per heavy atom. The van der Waals surface area contributed by atoms with Gasteiger partial charge in [0.25, 0.3) is 5.89 Å². The van der Waals surface area contributed by atoms with E-state index in [0.29, 0.717) is 54.2 Å². The number of carbonyl (C=O) groups is 1. The Bertz CT molecular complexity index is 1260. The van der Waals surface area contributed by atoms with Crippen molar-refractivity contribution in [2.75, 3.05) is 6.61 Å². The van der Waals surface area contributed by atoms with Crippen molar-refractivity contribution in [1.82, 2.24) is 19.7 Å². The van der Waals surface area contributed by atoms with E-state index in [-0.39, 0.29) is 12.1 Å². The fourth-order valence-electron chi connectivity index (χ4n) is 3.54. The number of aromatic nitrogens is 4. The molecule has 0 N–H and O–H groups in total. The molecule has 0 aliphatic carbocycles. The highest BCUT2D eigenvalue weighted by Gasteiger charge is 2.16. The lowest BCUT2D eigenvalue weighted by Crippen LogP contribution is -2.07. The van der Waals surface area contributed by atoms with Gasteiger partial charge in [0.15, 0.2) is 0 Å². The Kier molecular flexibility index (Phi) is 6.93. The number of nitrogens with zero attached hydrogens (tertiary/aromatic N) is 4. The second-order valence-corrected chi connectivity index (χ2v) is 8.16. The zero-order valence-corrected chi connectivity index (χ0v) is 19.5. The number of benzene rings is 1. The van der Waals surface area contributed by atoms with Crippen LogP contribution in [0.1, 0.15) is 33.6 Å². The fraction of sp³-hybridized carbons (Fsp3) is 0.333. The number of pyridine rings is 1. The predicted octanol–water partition coefficient (Wildman–Crippen LogP) is 5.54. The number of esters is 1. The smallest absolute Gasteiger partial charge is 0.305 e. The summed E-state index contributed by atoms with van der Waals surface area (Å²) < 4.78 is 18.2. The third kappa shape index (κ3) is 5.17. The first-order valence-electron chi connectivity index (χ1n) is 10.9. The van der Waals surface area contributed by atoms with E-state index in [1.165, 1.54) is 0 Å². The molecular formula is C24H25ClN4O4. The third-order valence-corrected chi connectivity index (χ3v) is 5.24. The van der Waals surface area contributed by atoms with Gasteiger partial charge in [-0.3, -0.25) is 4.79 Å². The van der Waals surface area contributed by atoms with Crippen molar-refractivity contribution in [3.05, 3.63) is 47.7 Å². The maximum absolute atomic E-state index is 11.6. The van der Waals surface area contributed by atoms with E-state index < -0.39 is 0 Å². The molecule has 1 aromatic carbocycles. The summed E-state index contributed by atoms with van der Waals surface area (Å²) in [4.78, 5) is 20.4. The van der Waals surface area contributed by atoms with Crippen LogP contribution in [0, 0.1) is 0 Å². The highest BCUT2D eigenvalue weighted by molar-refractivity contribution is 6.32. The molecule has 0 atom stereocenters. The summed E-state index contributed by atoms with van der Waals surface area (Å²) in [6.45, 7) is 6.73. The van der Waals surface area contributed by atoms with Gasteiger partial charge >= 0.3 is 5.97 Å². The van der Waals surface area contributed by atoms with Gasteiger partial charge in [0, 0.05) is 41.8 Å². The zero-order valence-electron chi connectivity index (χ0n) is 18.7. The SMILES string of the molecule is CCOC(=O)CCCn1ccc2c(-c3noc(-c4cnc(OC(C)C)c(Cl)c4)n3)cccc21. The van der Waals surface area contributed by atoms with Gasteiger partial charge in [-0.1, -0.05) is 28.9 Å². The first kappa shape index (κ1) is 22.8. The van der Waals surface area contributed by atoms with Gasteiger partial charge in [0.1, 0.15) is 5.02 Å². The fourth-order valence-corrected chi connectivity index (χ4v) is 3.75. The van der Waals surface area contributed by atoms with E-state index in [1.54, 1.807) is 12.3 Å². The minimum absolute atomic E-state index is 0.0335. The molecule has 0 aliphatic heterocycles. The molecule has 172 valence electrons. The molecule has 3 heterocycles. The summed E-state index contributed by atoms with van der Waals surface area (Å²) in [5, 5.41) is 5.55. The molecule has 0 amide bonds. The number of aryl methyl sites for hydroxylation is 1. The molecular weight excluding hydrogens is 444 g/mol. The molecule has 0 spiro atoms. The van der Waals surface area contributed by atoms with Crippen LogP contribution >= 0.6 is 11.6 Å². The zero-order chi connectivity index (χ0) is 23.4. The van der Waals surface area contributed by atoms with Crippen molar-refractivity contribution in [3.8, 4) is 28.7 Å². The van der Waals surface area contributed by atoms with Crippen LogP contribution < -0.4 is 4.74 Å². The summed E-state index contributed by atoms with van der Waals surface area (Å²) in [5.41, 5.74) is 2.49. The molecule has 0 bridgehead atoms. The van der Waals surface area contributed by atoms with E-state index in [1.807, 2.05) is 51.2 Å². The summed E-state index contributed by atoms with van der Waals surface area (Å²) in [6, 6.07) is 9.64. The van der Waals surface area contributed by atoms with Gasteiger partial charge in [-0.2, -0.15) is 4.98 Å². The number of hydrogen-bond donors (Lipinski definition) is 0. The van der Waals surface area contributed by atoms with Crippen LogP contribution in [0.4, 0.5) is 0 Å². The number of rotatable bonds is 9. The Morgan fingerprint density at radius 1 is 1.27 bits per heavy atom. The average molecular weight is 469 g/mol. The molecule has 8 nitrogen and oxygen atoms in total. The van der Waals surface area contributed by atoms with Crippen molar-refractivity contribution in [1.29, 1.82) is 0 Å². The highest BCUT2D eigenvalue weighted by atomic mass is 35.5. The molecule has 0 saturated heterocycles. The van der Waals surface area contributed by atoms with Crippen LogP contribution in [-0.4, -0.2) is 38.4 Å². The third-order valence-electron chi connectivity index (χ3n) is 4.97. The van der Waals surface area contributed by atoms with Crippen LogP contribution in [0.2, 0.25) is 5.02 Å². The van der Waals surface area contributed by atoms with E-state index in [0.717, 1.165) is 16.5 Å². The van der Waals surface area contributed by atoms with E-state index in [9.17, 15) is 4.79 Å². The van der Waals surface area contributed by atoms with Crippen molar-refractivity contribution in [3.63, 3.8) is 0 Å². The van der Waals surface area contributed by atoms with Gasteiger partial charge in [-0.15, -0.1) is 0 Å². The second kappa shape index (κ2) is 10.0. The molecule has 33 heavy (non-hydrogen) atoms. The Hall–Kier alpha value is -3.39. The number of hydrogen-bond acceptors (Lipinski definition) is 7. The maximum atomic E-state index is 11.6. The Labute approximate surface area is 196 Å².